The van der Waals surface area contributed by atoms with Crippen molar-refractivity contribution in [3.8, 4) is 11.5 Å². The number of methoxy groups -OCH3 is 1. The van der Waals surface area contributed by atoms with Crippen LogP contribution in [-0.4, -0.2) is 13.1 Å². The van der Waals surface area contributed by atoms with E-state index in [1.807, 2.05) is 0 Å². The van der Waals surface area contributed by atoms with Crippen LogP contribution in [-0.2, 0) is 4.79 Å². The van der Waals surface area contributed by atoms with Gasteiger partial charge in [0.2, 0.25) is 0 Å². The van der Waals surface area contributed by atoms with E-state index in [0.717, 1.165) is 11.7 Å². The molecule has 0 heterocycles. The number of hydrogen-bond donors (Lipinski definition) is 0. The molecule has 1 saturated carbocycles. The maximum absolute atomic E-state index is 11.7. The van der Waals surface area contributed by atoms with Crippen LogP contribution in [0.4, 0.5) is 0 Å². The van der Waals surface area contributed by atoms with Crippen molar-refractivity contribution in [1.82, 2.24) is 0 Å². The summed E-state index contributed by atoms with van der Waals surface area (Å²) in [4.78, 5) is 11.7. The summed E-state index contributed by atoms with van der Waals surface area (Å²) in [5, 5.41) is 0. The third-order valence-corrected chi connectivity index (χ3v) is 3.21. The molecule has 0 bridgehead atoms. The first-order chi connectivity index (χ1) is 8.19. The lowest BCUT2D eigenvalue weighted by molar-refractivity contribution is -0.135. The molecule has 1 atom stereocenters. The summed E-state index contributed by atoms with van der Waals surface area (Å²) in [5.74, 6) is 2.38. The Kier molecular flexibility index (Phi) is 3.67. The highest BCUT2D eigenvalue weighted by atomic mass is 16.5. The zero-order chi connectivity index (χ0) is 12.3. The third-order valence-electron chi connectivity index (χ3n) is 3.21. The molecule has 0 saturated heterocycles. The number of carbonyl (C=O) groups excluding carboxylic acids is 1. The van der Waals surface area contributed by atoms with E-state index in [4.69, 9.17) is 9.47 Å². The molecule has 2 rings (SSSR count). The Morgan fingerprint density at radius 1 is 1.29 bits per heavy atom. The number of ether oxygens (including phenoxy) is 2. The molecule has 1 aromatic rings. The van der Waals surface area contributed by atoms with E-state index in [2.05, 4.69) is 6.92 Å². The van der Waals surface area contributed by atoms with Crippen molar-refractivity contribution >= 4 is 5.97 Å². The summed E-state index contributed by atoms with van der Waals surface area (Å²) in [6.07, 6.45) is 3.03. The minimum atomic E-state index is -0.144. The van der Waals surface area contributed by atoms with Gasteiger partial charge in [0.15, 0.2) is 0 Å². The predicted octanol–water partition coefficient (Wildman–Crippen LogP) is 3.04. The summed E-state index contributed by atoms with van der Waals surface area (Å²) in [6.45, 7) is 2.12. The van der Waals surface area contributed by atoms with Gasteiger partial charge in [-0.1, -0.05) is 6.92 Å². The van der Waals surface area contributed by atoms with E-state index in [-0.39, 0.29) is 5.97 Å². The van der Waals surface area contributed by atoms with Gasteiger partial charge in [-0.15, -0.1) is 0 Å². The van der Waals surface area contributed by atoms with Crippen molar-refractivity contribution in [2.45, 2.75) is 26.2 Å². The van der Waals surface area contributed by atoms with Gasteiger partial charge in [-0.05, 0) is 48.9 Å². The summed E-state index contributed by atoms with van der Waals surface area (Å²) >= 11 is 0. The summed E-state index contributed by atoms with van der Waals surface area (Å²) in [6, 6.07) is 7.07. The van der Waals surface area contributed by atoms with E-state index in [1.165, 1.54) is 12.8 Å². The minimum absolute atomic E-state index is 0.144. The molecular formula is C14H18O3. The first-order valence-corrected chi connectivity index (χ1v) is 6.04. The molecule has 92 valence electrons. The second-order valence-corrected chi connectivity index (χ2v) is 4.67. The highest BCUT2D eigenvalue weighted by molar-refractivity contribution is 5.72. The van der Waals surface area contributed by atoms with E-state index in [0.29, 0.717) is 18.1 Å². The topological polar surface area (TPSA) is 35.5 Å². The lowest BCUT2D eigenvalue weighted by Gasteiger charge is -2.09. The average molecular weight is 234 g/mol. The maximum atomic E-state index is 11.7. The zero-order valence-electron chi connectivity index (χ0n) is 10.3. The Hall–Kier alpha value is -1.51. The van der Waals surface area contributed by atoms with Crippen LogP contribution in [0.3, 0.4) is 0 Å². The monoisotopic (exact) mass is 234 g/mol. The van der Waals surface area contributed by atoms with Gasteiger partial charge in [-0.25, -0.2) is 0 Å². The van der Waals surface area contributed by atoms with Gasteiger partial charge in [-0.2, -0.15) is 0 Å². The highest BCUT2D eigenvalue weighted by Gasteiger charge is 2.29. The molecule has 0 amide bonds. The van der Waals surface area contributed by atoms with Crippen LogP contribution < -0.4 is 9.47 Å². The number of benzene rings is 1. The molecule has 1 fully saturated rings. The van der Waals surface area contributed by atoms with Crippen molar-refractivity contribution in [2.24, 2.45) is 11.8 Å². The first-order valence-electron chi connectivity index (χ1n) is 6.04. The molecule has 1 aliphatic rings. The summed E-state index contributed by atoms with van der Waals surface area (Å²) in [7, 11) is 1.61. The van der Waals surface area contributed by atoms with Crippen molar-refractivity contribution in [3.05, 3.63) is 24.3 Å². The Labute approximate surface area is 102 Å². The van der Waals surface area contributed by atoms with Gasteiger partial charge in [-0.3, -0.25) is 4.79 Å². The molecule has 17 heavy (non-hydrogen) atoms. The fourth-order valence-corrected chi connectivity index (χ4v) is 1.91. The van der Waals surface area contributed by atoms with Gasteiger partial charge < -0.3 is 9.47 Å². The van der Waals surface area contributed by atoms with Crippen LogP contribution in [0.5, 0.6) is 11.5 Å². The second-order valence-electron chi connectivity index (χ2n) is 4.67. The Bertz CT molecular complexity index is 379. The maximum Gasteiger partial charge on any atom is 0.311 e. The SMILES string of the molecule is COc1ccc(OC(=O)CC(C)C2CC2)cc1. The van der Waals surface area contributed by atoms with Crippen molar-refractivity contribution in [3.63, 3.8) is 0 Å². The van der Waals surface area contributed by atoms with Crippen molar-refractivity contribution < 1.29 is 14.3 Å². The molecule has 0 N–H and O–H groups in total. The van der Waals surface area contributed by atoms with E-state index < -0.39 is 0 Å². The second kappa shape index (κ2) is 5.21. The molecule has 1 aromatic carbocycles. The summed E-state index contributed by atoms with van der Waals surface area (Å²) in [5.41, 5.74) is 0. The molecule has 1 unspecified atom stereocenters. The standard InChI is InChI=1S/C14H18O3/c1-10(11-3-4-11)9-14(15)17-13-7-5-12(16-2)6-8-13/h5-8,10-11H,3-4,9H2,1-2H3. The molecule has 0 radical (unpaired) electrons. The minimum Gasteiger partial charge on any atom is -0.497 e. The molecule has 0 aliphatic heterocycles. The highest BCUT2D eigenvalue weighted by Crippen LogP contribution is 2.38. The smallest absolute Gasteiger partial charge is 0.311 e. The quantitative estimate of drug-likeness (QED) is 0.580. The predicted molar refractivity (Wildman–Crippen MR) is 65.1 cm³/mol. The van der Waals surface area contributed by atoms with Crippen LogP contribution in [0.2, 0.25) is 0 Å². The molecule has 3 heteroatoms. The number of esters is 1. The van der Waals surface area contributed by atoms with E-state index in [1.54, 1.807) is 31.4 Å². The Morgan fingerprint density at radius 2 is 1.88 bits per heavy atom. The number of hydrogen-bond acceptors (Lipinski definition) is 3. The van der Waals surface area contributed by atoms with Gasteiger partial charge >= 0.3 is 5.97 Å². The normalized spacial score (nSPS) is 16.4. The average Bonchev–Trinajstić information content (AvgIpc) is 3.13. The molecule has 3 nitrogen and oxygen atoms in total. The lowest BCUT2D eigenvalue weighted by atomic mass is 10.0. The molecule has 1 aliphatic carbocycles. The van der Waals surface area contributed by atoms with Crippen LogP contribution in [0.15, 0.2) is 24.3 Å². The van der Waals surface area contributed by atoms with Gasteiger partial charge in [0.25, 0.3) is 0 Å². The first kappa shape index (κ1) is 12.0. The number of rotatable bonds is 5. The Balaban J connectivity index is 1.84. The fourth-order valence-electron chi connectivity index (χ4n) is 1.91. The van der Waals surface area contributed by atoms with E-state index >= 15 is 0 Å². The zero-order valence-corrected chi connectivity index (χ0v) is 10.3. The lowest BCUT2D eigenvalue weighted by Crippen LogP contribution is -2.13. The van der Waals surface area contributed by atoms with Crippen molar-refractivity contribution in [1.29, 1.82) is 0 Å². The molecule has 0 aromatic heterocycles. The van der Waals surface area contributed by atoms with Crippen molar-refractivity contribution in [2.75, 3.05) is 7.11 Å². The van der Waals surface area contributed by atoms with Crippen LogP contribution in [0.1, 0.15) is 26.2 Å². The molecule has 0 spiro atoms. The van der Waals surface area contributed by atoms with Gasteiger partial charge in [0, 0.05) is 6.42 Å². The fraction of sp³-hybridized carbons (Fsp3) is 0.500. The van der Waals surface area contributed by atoms with Crippen LogP contribution >= 0.6 is 0 Å². The third kappa shape index (κ3) is 3.48. The Morgan fingerprint density at radius 3 is 2.41 bits per heavy atom. The molecular weight excluding hydrogens is 216 g/mol. The van der Waals surface area contributed by atoms with Gasteiger partial charge in [0.05, 0.1) is 7.11 Å². The number of carbonyl (C=O) groups is 1. The van der Waals surface area contributed by atoms with Crippen LogP contribution in [0, 0.1) is 11.8 Å². The summed E-state index contributed by atoms with van der Waals surface area (Å²) < 4.78 is 10.3. The van der Waals surface area contributed by atoms with E-state index in [9.17, 15) is 4.79 Å². The van der Waals surface area contributed by atoms with Crippen LogP contribution in [0.25, 0.3) is 0 Å². The largest absolute Gasteiger partial charge is 0.497 e. The van der Waals surface area contributed by atoms with Gasteiger partial charge in [0.1, 0.15) is 11.5 Å².